The summed E-state index contributed by atoms with van der Waals surface area (Å²) in [6, 6.07) is 5.77. The molecule has 5 nitrogen and oxygen atoms in total. The van der Waals surface area contributed by atoms with Crippen molar-refractivity contribution >= 4 is 11.1 Å². The molecule has 2 aromatic rings. The van der Waals surface area contributed by atoms with E-state index in [0.29, 0.717) is 5.58 Å². The van der Waals surface area contributed by atoms with Crippen LogP contribution in [0.1, 0.15) is 18.4 Å². The Bertz CT molecular complexity index is 610. The highest BCUT2D eigenvalue weighted by atomic mass is 16.4. The Morgan fingerprint density at radius 2 is 2.28 bits per heavy atom. The molecule has 1 saturated carbocycles. The van der Waals surface area contributed by atoms with Gasteiger partial charge in [-0.3, -0.25) is 4.98 Å². The van der Waals surface area contributed by atoms with E-state index >= 15 is 0 Å². The van der Waals surface area contributed by atoms with Crippen LogP contribution in [0.2, 0.25) is 0 Å². The van der Waals surface area contributed by atoms with E-state index in [1.54, 1.807) is 0 Å². The van der Waals surface area contributed by atoms with Gasteiger partial charge in [-0.15, -0.1) is 0 Å². The van der Waals surface area contributed by atoms with Crippen LogP contribution in [0.4, 0.5) is 0 Å². The zero-order valence-corrected chi connectivity index (χ0v) is 10.2. The average Bonchev–Trinajstić information content (AvgIpc) is 2.94. The van der Waals surface area contributed by atoms with Gasteiger partial charge in [-0.2, -0.15) is 0 Å². The molecule has 5 heteroatoms. The summed E-state index contributed by atoms with van der Waals surface area (Å²) >= 11 is 0. The largest absolute Gasteiger partial charge is 0.417 e. The summed E-state index contributed by atoms with van der Waals surface area (Å²) < 4.78 is 4.96. The SMILES string of the molecule is NC1(CNCCc2ccc3oc(=O)[nH]c3c2)CC1. The second kappa shape index (κ2) is 4.26. The van der Waals surface area contributed by atoms with Gasteiger partial charge in [-0.25, -0.2) is 4.79 Å². The van der Waals surface area contributed by atoms with Crippen LogP contribution in [0.25, 0.3) is 11.1 Å². The Morgan fingerprint density at radius 3 is 3.06 bits per heavy atom. The maximum absolute atomic E-state index is 11.0. The second-order valence-corrected chi connectivity index (χ2v) is 5.13. The van der Waals surface area contributed by atoms with Crippen LogP contribution in [0.15, 0.2) is 27.4 Å². The fourth-order valence-corrected chi connectivity index (χ4v) is 2.06. The molecule has 1 aromatic heterocycles. The standard InChI is InChI=1S/C13H17N3O2/c14-13(4-5-13)8-15-6-3-9-1-2-11-10(7-9)16-12(17)18-11/h1-2,7,15H,3-6,8,14H2,(H,16,17). The van der Waals surface area contributed by atoms with Gasteiger partial charge in [0.25, 0.3) is 0 Å². The summed E-state index contributed by atoms with van der Waals surface area (Å²) in [4.78, 5) is 13.7. The van der Waals surface area contributed by atoms with Crippen LogP contribution >= 0.6 is 0 Å². The van der Waals surface area contributed by atoms with Gasteiger partial charge in [0.1, 0.15) is 0 Å². The molecule has 4 N–H and O–H groups in total. The monoisotopic (exact) mass is 247 g/mol. The third-order valence-corrected chi connectivity index (χ3v) is 3.44. The number of hydrogen-bond donors (Lipinski definition) is 3. The van der Waals surface area contributed by atoms with Crippen LogP contribution in [0.3, 0.4) is 0 Å². The number of hydrogen-bond acceptors (Lipinski definition) is 4. The predicted octanol–water partition coefficient (Wildman–Crippen LogP) is 0.744. The van der Waals surface area contributed by atoms with Gasteiger partial charge in [0.2, 0.25) is 0 Å². The zero-order chi connectivity index (χ0) is 12.6. The van der Waals surface area contributed by atoms with Crippen molar-refractivity contribution in [3.63, 3.8) is 0 Å². The molecule has 3 rings (SSSR count). The van der Waals surface area contributed by atoms with Crippen LogP contribution in [0, 0.1) is 0 Å². The molecule has 96 valence electrons. The van der Waals surface area contributed by atoms with Crippen molar-refractivity contribution in [2.45, 2.75) is 24.8 Å². The normalized spacial score (nSPS) is 17.2. The van der Waals surface area contributed by atoms with E-state index in [2.05, 4.69) is 10.3 Å². The first-order chi connectivity index (χ1) is 8.65. The molecule has 1 fully saturated rings. The van der Waals surface area contributed by atoms with Crippen LogP contribution in [-0.2, 0) is 6.42 Å². The van der Waals surface area contributed by atoms with Gasteiger partial charge < -0.3 is 15.5 Å². The molecule has 18 heavy (non-hydrogen) atoms. The molecular formula is C13H17N3O2. The van der Waals surface area contributed by atoms with Crippen LogP contribution < -0.4 is 16.8 Å². The summed E-state index contributed by atoms with van der Waals surface area (Å²) in [7, 11) is 0. The van der Waals surface area contributed by atoms with E-state index in [1.165, 1.54) is 5.56 Å². The van der Waals surface area contributed by atoms with E-state index in [-0.39, 0.29) is 5.54 Å². The van der Waals surface area contributed by atoms with Gasteiger partial charge in [-0.1, -0.05) is 6.07 Å². The van der Waals surface area contributed by atoms with Crippen molar-refractivity contribution in [1.29, 1.82) is 0 Å². The van der Waals surface area contributed by atoms with Gasteiger partial charge in [0.15, 0.2) is 5.58 Å². The quantitative estimate of drug-likeness (QED) is 0.681. The summed E-state index contributed by atoms with van der Waals surface area (Å²) in [6.45, 7) is 1.78. The summed E-state index contributed by atoms with van der Waals surface area (Å²) in [5, 5.41) is 3.37. The Kier molecular flexibility index (Phi) is 2.72. The highest BCUT2D eigenvalue weighted by Gasteiger charge is 2.37. The smallest absolute Gasteiger partial charge is 0.408 e. The van der Waals surface area contributed by atoms with Crippen LogP contribution in [-0.4, -0.2) is 23.6 Å². The molecular weight excluding hydrogens is 230 g/mol. The molecule has 1 heterocycles. The molecule has 0 bridgehead atoms. The number of benzene rings is 1. The molecule has 0 aliphatic heterocycles. The lowest BCUT2D eigenvalue weighted by Crippen LogP contribution is -2.36. The Labute approximate surface area is 104 Å². The number of H-pyrrole nitrogens is 1. The van der Waals surface area contributed by atoms with Gasteiger partial charge >= 0.3 is 5.76 Å². The zero-order valence-electron chi connectivity index (χ0n) is 10.2. The molecule has 0 radical (unpaired) electrons. The lowest BCUT2D eigenvalue weighted by atomic mass is 10.1. The molecule has 0 saturated heterocycles. The van der Waals surface area contributed by atoms with Crippen molar-refractivity contribution in [2.75, 3.05) is 13.1 Å². The lowest BCUT2D eigenvalue weighted by molar-refractivity contribution is 0.555. The highest BCUT2D eigenvalue weighted by Crippen LogP contribution is 2.30. The number of oxazole rings is 1. The van der Waals surface area contributed by atoms with E-state index in [9.17, 15) is 4.79 Å². The Morgan fingerprint density at radius 1 is 1.44 bits per heavy atom. The number of aromatic amines is 1. The van der Waals surface area contributed by atoms with Gasteiger partial charge in [-0.05, 0) is 43.5 Å². The minimum Gasteiger partial charge on any atom is -0.408 e. The first kappa shape index (κ1) is 11.5. The van der Waals surface area contributed by atoms with Gasteiger partial charge in [0.05, 0.1) is 5.52 Å². The highest BCUT2D eigenvalue weighted by molar-refractivity contribution is 5.72. The number of fused-ring (bicyclic) bond motifs is 1. The summed E-state index contributed by atoms with van der Waals surface area (Å²) in [5.41, 5.74) is 8.59. The third kappa shape index (κ3) is 2.47. The molecule has 0 atom stereocenters. The molecule has 0 spiro atoms. The number of aromatic nitrogens is 1. The molecule has 0 unspecified atom stereocenters. The van der Waals surface area contributed by atoms with E-state index in [0.717, 1.165) is 37.9 Å². The number of nitrogens with two attached hydrogens (primary N) is 1. The number of nitrogens with one attached hydrogen (secondary N) is 2. The number of rotatable bonds is 5. The van der Waals surface area contributed by atoms with Crippen molar-refractivity contribution in [2.24, 2.45) is 5.73 Å². The first-order valence-corrected chi connectivity index (χ1v) is 6.26. The average molecular weight is 247 g/mol. The van der Waals surface area contributed by atoms with Gasteiger partial charge in [0, 0.05) is 12.1 Å². The third-order valence-electron chi connectivity index (χ3n) is 3.44. The minimum atomic E-state index is -0.404. The minimum absolute atomic E-state index is 0.0553. The van der Waals surface area contributed by atoms with Crippen molar-refractivity contribution in [3.8, 4) is 0 Å². The molecule has 0 amide bonds. The van der Waals surface area contributed by atoms with Crippen LogP contribution in [0.5, 0.6) is 0 Å². The Balaban J connectivity index is 1.58. The van der Waals surface area contributed by atoms with E-state index < -0.39 is 5.76 Å². The molecule has 1 aliphatic carbocycles. The first-order valence-electron chi connectivity index (χ1n) is 6.26. The topological polar surface area (TPSA) is 84.0 Å². The fraction of sp³-hybridized carbons (Fsp3) is 0.462. The fourth-order valence-electron chi connectivity index (χ4n) is 2.06. The summed E-state index contributed by atoms with van der Waals surface area (Å²) in [6.07, 6.45) is 3.17. The van der Waals surface area contributed by atoms with Crippen molar-refractivity contribution in [1.82, 2.24) is 10.3 Å². The van der Waals surface area contributed by atoms with Crippen molar-refractivity contribution in [3.05, 3.63) is 34.3 Å². The maximum atomic E-state index is 11.0. The molecule has 1 aliphatic rings. The van der Waals surface area contributed by atoms with E-state index in [4.69, 9.17) is 10.2 Å². The Hall–Kier alpha value is -1.59. The molecule has 1 aromatic carbocycles. The second-order valence-electron chi connectivity index (χ2n) is 5.13. The summed E-state index contributed by atoms with van der Waals surface area (Å²) in [5.74, 6) is -0.404. The predicted molar refractivity (Wildman–Crippen MR) is 69.6 cm³/mol. The maximum Gasteiger partial charge on any atom is 0.417 e. The van der Waals surface area contributed by atoms with E-state index in [1.807, 2.05) is 18.2 Å². The lowest BCUT2D eigenvalue weighted by Gasteiger charge is -2.09. The van der Waals surface area contributed by atoms with Crippen molar-refractivity contribution < 1.29 is 4.42 Å².